The highest BCUT2D eigenvalue weighted by molar-refractivity contribution is 5.77. The van der Waals surface area contributed by atoms with Crippen LogP contribution in [0.1, 0.15) is 220 Å². The minimum absolute atomic E-state index is 0.0590. The van der Waals surface area contributed by atoms with E-state index in [4.69, 9.17) is 4.74 Å². The van der Waals surface area contributed by atoms with Gasteiger partial charge in [0.1, 0.15) is 6.10 Å². The fourth-order valence-corrected chi connectivity index (χ4v) is 6.67. The molecule has 0 saturated heterocycles. The molecule has 0 aliphatic heterocycles. The van der Waals surface area contributed by atoms with Gasteiger partial charge >= 0.3 is 5.97 Å². The van der Waals surface area contributed by atoms with Gasteiger partial charge < -0.3 is 20.3 Å². The number of nitrogens with one attached hydrogen (secondary N) is 1. The van der Waals surface area contributed by atoms with E-state index in [0.29, 0.717) is 19.3 Å². The summed E-state index contributed by atoms with van der Waals surface area (Å²) in [7, 11) is 0. The van der Waals surface area contributed by atoms with E-state index in [9.17, 15) is 19.8 Å². The highest BCUT2D eigenvalue weighted by atomic mass is 16.5. The summed E-state index contributed by atoms with van der Waals surface area (Å²) in [4.78, 5) is 26.0. The largest absolute Gasteiger partial charge is 0.462 e. The van der Waals surface area contributed by atoms with Crippen LogP contribution in [0.15, 0.2) is 48.6 Å². The van der Waals surface area contributed by atoms with E-state index in [1.54, 1.807) is 0 Å². The summed E-state index contributed by atoms with van der Waals surface area (Å²) >= 11 is 0. The second-order valence-corrected chi connectivity index (χ2v) is 15.4. The van der Waals surface area contributed by atoms with Crippen LogP contribution in [0.25, 0.3) is 0 Å². The lowest BCUT2D eigenvalue weighted by Crippen LogP contribution is -2.46. The van der Waals surface area contributed by atoms with E-state index in [1.807, 2.05) is 0 Å². The zero-order valence-corrected chi connectivity index (χ0v) is 35.6. The molecule has 0 fully saturated rings. The highest BCUT2D eigenvalue weighted by Crippen LogP contribution is 2.17. The Morgan fingerprint density at radius 3 is 1.57 bits per heavy atom. The third-order valence-corrected chi connectivity index (χ3v) is 10.1. The van der Waals surface area contributed by atoms with Gasteiger partial charge in [0.2, 0.25) is 5.91 Å². The summed E-state index contributed by atoms with van der Waals surface area (Å²) in [6.07, 6.45) is 48.8. The first-order valence-electron chi connectivity index (χ1n) is 22.9. The van der Waals surface area contributed by atoms with Gasteiger partial charge in [0.05, 0.1) is 25.2 Å². The Bertz CT molecular complexity index is 941. The summed E-state index contributed by atoms with van der Waals surface area (Å²) < 4.78 is 5.89. The maximum atomic E-state index is 13.1. The molecule has 0 aromatic heterocycles. The van der Waals surface area contributed by atoms with Crippen molar-refractivity contribution in [1.29, 1.82) is 0 Å². The molecule has 3 atom stereocenters. The van der Waals surface area contributed by atoms with E-state index in [0.717, 1.165) is 96.3 Å². The molecule has 0 aromatic rings. The molecule has 1 amide bonds. The molecule has 0 aromatic carbocycles. The number of amides is 1. The monoisotopic (exact) mass is 758 g/mol. The van der Waals surface area contributed by atoms with Crippen LogP contribution in [0.2, 0.25) is 0 Å². The van der Waals surface area contributed by atoms with Crippen molar-refractivity contribution in [2.45, 2.75) is 238 Å². The van der Waals surface area contributed by atoms with E-state index in [2.05, 4.69) is 74.7 Å². The topological polar surface area (TPSA) is 95.9 Å². The Hall–Kier alpha value is -2.18. The highest BCUT2D eigenvalue weighted by Gasteiger charge is 2.24. The Morgan fingerprint density at radius 1 is 0.556 bits per heavy atom. The molecule has 0 bridgehead atoms. The molecule has 0 spiro atoms. The van der Waals surface area contributed by atoms with Crippen LogP contribution in [0, 0.1) is 0 Å². The maximum absolute atomic E-state index is 13.1. The number of unbranched alkanes of at least 4 members (excludes halogenated alkanes) is 20. The molecule has 3 unspecified atom stereocenters. The van der Waals surface area contributed by atoms with Crippen LogP contribution in [0.4, 0.5) is 0 Å². The SMILES string of the molecule is CC/C=C/C/C=C/C/C=C/CCCCCCC(CC(=O)NC(CO)C(O)CCCCCCCCCCC)OC(=O)CCCCCCC/C=C\CCCCC. The van der Waals surface area contributed by atoms with Crippen molar-refractivity contribution >= 4 is 11.9 Å². The quantitative estimate of drug-likeness (QED) is 0.0329. The van der Waals surface area contributed by atoms with Gasteiger partial charge in [-0.15, -0.1) is 0 Å². The fraction of sp³-hybridized carbons (Fsp3) is 0.792. The van der Waals surface area contributed by atoms with Crippen molar-refractivity contribution in [1.82, 2.24) is 5.32 Å². The zero-order chi connectivity index (χ0) is 39.6. The molecular formula is C48H87NO5. The van der Waals surface area contributed by atoms with Gasteiger partial charge in [-0.25, -0.2) is 0 Å². The number of rotatable bonds is 40. The average Bonchev–Trinajstić information content (AvgIpc) is 3.16. The fourth-order valence-electron chi connectivity index (χ4n) is 6.67. The van der Waals surface area contributed by atoms with E-state index in [1.165, 1.54) is 77.0 Å². The van der Waals surface area contributed by atoms with Crippen LogP contribution in [0.3, 0.4) is 0 Å². The summed E-state index contributed by atoms with van der Waals surface area (Å²) in [5.41, 5.74) is 0. The molecule has 314 valence electrons. The Balaban J connectivity index is 4.67. The molecule has 0 aliphatic carbocycles. The first kappa shape index (κ1) is 51.8. The van der Waals surface area contributed by atoms with Gasteiger partial charge in [-0.2, -0.15) is 0 Å². The van der Waals surface area contributed by atoms with E-state index < -0.39 is 18.2 Å². The number of hydrogen-bond acceptors (Lipinski definition) is 5. The summed E-state index contributed by atoms with van der Waals surface area (Å²) in [6, 6.07) is -0.708. The number of esters is 1. The number of aliphatic hydroxyl groups excluding tert-OH is 2. The van der Waals surface area contributed by atoms with Gasteiger partial charge in [0, 0.05) is 6.42 Å². The van der Waals surface area contributed by atoms with Crippen molar-refractivity contribution in [3.8, 4) is 0 Å². The Morgan fingerprint density at radius 2 is 1.00 bits per heavy atom. The van der Waals surface area contributed by atoms with Crippen LogP contribution < -0.4 is 5.32 Å². The third-order valence-electron chi connectivity index (χ3n) is 10.1. The molecule has 3 N–H and O–H groups in total. The van der Waals surface area contributed by atoms with Crippen molar-refractivity contribution in [2.24, 2.45) is 0 Å². The molecule has 0 aliphatic rings. The van der Waals surface area contributed by atoms with Crippen LogP contribution in [0.5, 0.6) is 0 Å². The Labute approximate surface area is 334 Å². The molecular weight excluding hydrogens is 671 g/mol. The maximum Gasteiger partial charge on any atom is 0.306 e. The van der Waals surface area contributed by atoms with Crippen LogP contribution in [-0.4, -0.2) is 46.9 Å². The Kier molecular flexibility index (Phi) is 40.3. The van der Waals surface area contributed by atoms with E-state index in [-0.39, 0.29) is 24.9 Å². The lowest BCUT2D eigenvalue weighted by molar-refractivity contribution is -0.151. The van der Waals surface area contributed by atoms with Crippen molar-refractivity contribution < 1.29 is 24.5 Å². The second-order valence-electron chi connectivity index (χ2n) is 15.4. The first-order chi connectivity index (χ1) is 26.5. The zero-order valence-electron chi connectivity index (χ0n) is 35.6. The van der Waals surface area contributed by atoms with Gasteiger partial charge in [-0.3, -0.25) is 9.59 Å². The third kappa shape index (κ3) is 36.8. The second kappa shape index (κ2) is 42.0. The minimum Gasteiger partial charge on any atom is -0.462 e. The normalized spacial score (nSPS) is 13.8. The number of allylic oxidation sites excluding steroid dienone is 8. The van der Waals surface area contributed by atoms with Gasteiger partial charge in [0.15, 0.2) is 0 Å². The summed E-state index contributed by atoms with van der Waals surface area (Å²) in [5, 5.41) is 23.6. The van der Waals surface area contributed by atoms with Gasteiger partial charge in [-0.05, 0) is 83.5 Å². The molecule has 6 nitrogen and oxygen atoms in total. The van der Waals surface area contributed by atoms with E-state index >= 15 is 0 Å². The van der Waals surface area contributed by atoms with Crippen molar-refractivity contribution in [3.05, 3.63) is 48.6 Å². The molecule has 0 rings (SSSR count). The predicted octanol–water partition coefficient (Wildman–Crippen LogP) is 13.1. The number of carbonyl (C=O) groups is 2. The smallest absolute Gasteiger partial charge is 0.306 e. The van der Waals surface area contributed by atoms with Crippen molar-refractivity contribution in [3.63, 3.8) is 0 Å². The van der Waals surface area contributed by atoms with Crippen molar-refractivity contribution in [2.75, 3.05) is 6.61 Å². The first-order valence-corrected chi connectivity index (χ1v) is 22.9. The molecule has 6 heteroatoms. The summed E-state index contributed by atoms with van der Waals surface area (Å²) in [5.74, 6) is -0.509. The molecule has 0 heterocycles. The number of hydrogen-bond donors (Lipinski definition) is 3. The minimum atomic E-state index is -0.792. The lowest BCUT2D eigenvalue weighted by Gasteiger charge is -2.24. The van der Waals surface area contributed by atoms with Crippen LogP contribution >= 0.6 is 0 Å². The molecule has 0 saturated carbocycles. The van der Waals surface area contributed by atoms with Crippen LogP contribution in [-0.2, 0) is 14.3 Å². The summed E-state index contributed by atoms with van der Waals surface area (Å²) in [6.45, 7) is 6.31. The lowest BCUT2D eigenvalue weighted by atomic mass is 10.0. The standard InChI is InChI=1S/C48H87NO5/c1-4-7-10-13-16-19-21-23-24-25-28-30-33-36-39-44(54-48(53)41-38-35-32-29-26-22-20-17-14-11-8-5-2)42-47(52)49-45(43-50)46(51)40-37-34-31-27-18-15-12-9-6-3/h7,10,16-17,19-20,23-24,44-46,50-51H,4-6,8-9,11-15,18,21-22,25-43H2,1-3H3,(H,49,52)/b10-7+,19-16+,20-17-,24-23+. The number of ether oxygens (including phenoxy) is 1. The molecule has 54 heavy (non-hydrogen) atoms. The predicted molar refractivity (Wildman–Crippen MR) is 232 cm³/mol. The number of carbonyl (C=O) groups excluding carboxylic acids is 2. The molecule has 0 radical (unpaired) electrons. The van der Waals surface area contributed by atoms with Gasteiger partial charge in [0.25, 0.3) is 0 Å². The van der Waals surface area contributed by atoms with Gasteiger partial charge in [-0.1, -0.05) is 172 Å². The number of aliphatic hydroxyl groups is 2. The average molecular weight is 758 g/mol.